The minimum atomic E-state index is 0.491. The first kappa shape index (κ1) is 10.5. The number of aliphatic imine (C=N–C) groups is 1. The van der Waals surface area contributed by atoms with E-state index < -0.39 is 0 Å². The van der Waals surface area contributed by atoms with Gasteiger partial charge in [-0.25, -0.2) is 0 Å². The zero-order valence-electron chi connectivity index (χ0n) is 8.64. The Balaban J connectivity index is 2.56. The van der Waals surface area contributed by atoms with Crippen LogP contribution in [0.15, 0.2) is 47.3 Å². The molecular formula is C13H15N. The largest absolute Gasteiger partial charge is 0.260 e. The maximum absolute atomic E-state index is 4.09. The first-order valence-corrected chi connectivity index (χ1v) is 4.78. The summed E-state index contributed by atoms with van der Waals surface area (Å²) in [5.41, 5.74) is 4.15. The van der Waals surface area contributed by atoms with Crippen molar-refractivity contribution in [2.24, 2.45) is 10.9 Å². The number of hydrogen-bond acceptors (Lipinski definition) is 1. The van der Waals surface area contributed by atoms with Gasteiger partial charge in [0, 0.05) is 6.21 Å². The van der Waals surface area contributed by atoms with Crippen LogP contribution in [0.25, 0.3) is 6.08 Å². The van der Waals surface area contributed by atoms with Crippen LogP contribution in [0, 0.1) is 5.92 Å². The fraction of sp³-hybridized carbons (Fsp3) is 0.231. The van der Waals surface area contributed by atoms with Gasteiger partial charge < -0.3 is 0 Å². The molecule has 0 radical (unpaired) electrons. The molecule has 0 amide bonds. The molecule has 0 aliphatic carbocycles. The molecule has 0 unspecified atom stereocenters. The summed E-state index contributed by atoms with van der Waals surface area (Å²) in [5, 5.41) is 0. The molecule has 1 rings (SSSR count). The summed E-state index contributed by atoms with van der Waals surface area (Å²) in [4.78, 5) is 4.09. The quantitative estimate of drug-likeness (QED) is 0.504. The van der Waals surface area contributed by atoms with E-state index in [4.69, 9.17) is 0 Å². The minimum Gasteiger partial charge on any atom is -0.260 e. The lowest BCUT2D eigenvalue weighted by molar-refractivity contribution is 0.907. The lowest BCUT2D eigenvalue weighted by Crippen LogP contribution is -1.84. The van der Waals surface area contributed by atoms with Crippen LogP contribution in [0.5, 0.6) is 0 Å². The molecule has 0 aliphatic heterocycles. The van der Waals surface area contributed by atoms with Crippen LogP contribution >= 0.6 is 0 Å². The molecule has 0 heterocycles. The van der Waals surface area contributed by atoms with Crippen molar-refractivity contribution in [3.05, 3.63) is 47.8 Å². The van der Waals surface area contributed by atoms with Crippen molar-refractivity contribution in [1.82, 2.24) is 0 Å². The molecule has 0 atom stereocenters. The first-order valence-electron chi connectivity index (χ1n) is 4.78. The van der Waals surface area contributed by atoms with Crippen molar-refractivity contribution in [2.75, 3.05) is 0 Å². The highest BCUT2D eigenvalue weighted by Crippen LogP contribution is 1.99. The molecule has 0 aliphatic rings. The first-order chi connectivity index (χ1) is 6.79. The summed E-state index contributed by atoms with van der Waals surface area (Å²) in [6, 6.07) is 10.1. The number of nitrogens with zero attached hydrogens (tertiary/aromatic N) is 1. The highest BCUT2D eigenvalue weighted by atomic mass is 14.7. The third-order valence-corrected chi connectivity index (χ3v) is 1.58. The van der Waals surface area contributed by atoms with Crippen LogP contribution in [0.2, 0.25) is 0 Å². The van der Waals surface area contributed by atoms with Gasteiger partial charge in [0.1, 0.15) is 0 Å². The second-order valence-electron chi connectivity index (χ2n) is 3.39. The third kappa shape index (κ3) is 4.44. The van der Waals surface area contributed by atoms with Crippen LogP contribution in [-0.2, 0) is 0 Å². The molecule has 1 nitrogen and oxygen atoms in total. The molecule has 14 heavy (non-hydrogen) atoms. The molecule has 0 saturated heterocycles. The zero-order valence-corrected chi connectivity index (χ0v) is 8.64. The van der Waals surface area contributed by atoms with Crippen molar-refractivity contribution < 1.29 is 0 Å². The van der Waals surface area contributed by atoms with Crippen molar-refractivity contribution in [1.29, 1.82) is 0 Å². The van der Waals surface area contributed by atoms with Crippen LogP contribution in [0.4, 0.5) is 0 Å². The van der Waals surface area contributed by atoms with Crippen molar-refractivity contribution in [2.45, 2.75) is 13.8 Å². The minimum absolute atomic E-state index is 0.491. The van der Waals surface area contributed by atoms with E-state index in [-0.39, 0.29) is 0 Å². The van der Waals surface area contributed by atoms with Gasteiger partial charge in [-0.1, -0.05) is 44.2 Å². The van der Waals surface area contributed by atoms with Crippen LogP contribution in [0.1, 0.15) is 19.4 Å². The summed E-state index contributed by atoms with van der Waals surface area (Å²) in [7, 11) is 0. The van der Waals surface area contributed by atoms with E-state index in [0.717, 1.165) is 5.56 Å². The van der Waals surface area contributed by atoms with Gasteiger partial charge in [0.25, 0.3) is 0 Å². The number of benzene rings is 1. The molecule has 1 aromatic carbocycles. The second-order valence-corrected chi connectivity index (χ2v) is 3.39. The molecule has 0 bridgehead atoms. The summed E-state index contributed by atoms with van der Waals surface area (Å²) in [5.74, 6) is 0.491. The lowest BCUT2D eigenvalue weighted by atomic mass is 10.2. The Bertz CT molecular complexity index is 341. The van der Waals surface area contributed by atoms with Gasteiger partial charge in [0.05, 0.1) is 6.20 Å². The Hall–Kier alpha value is -1.59. The van der Waals surface area contributed by atoms with E-state index in [1.807, 2.05) is 42.6 Å². The maximum atomic E-state index is 4.09. The molecule has 0 N–H and O–H groups in total. The van der Waals surface area contributed by atoms with Gasteiger partial charge in [-0.3, -0.25) is 4.99 Å². The molecule has 1 heteroatoms. The topological polar surface area (TPSA) is 12.4 Å². The Morgan fingerprint density at radius 1 is 1.21 bits per heavy atom. The molecule has 0 aromatic heterocycles. The molecule has 0 fully saturated rings. The standard InChI is InChI=1S/C13H15N/c1-12(2)11-14-10-6-9-13-7-4-3-5-8-13/h3-5,7-12H,1-2H3. The monoisotopic (exact) mass is 185 g/mol. The fourth-order valence-electron chi connectivity index (χ4n) is 0.941. The molecule has 0 saturated carbocycles. The fourth-order valence-corrected chi connectivity index (χ4v) is 0.941. The SMILES string of the molecule is CC(C)C=NC=C=Cc1ccccc1. The van der Waals surface area contributed by atoms with Crippen molar-refractivity contribution in [3.8, 4) is 0 Å². The van der Waals surface area contributed by atoms with E-state index in [2.05, 4.69) is 24.6 Å². The van der Waals surface area contributed by atoms with Gasteiger partial charge >= 0.3 is 0 Å². The molecular weight excluding hydrogens is 170 g/mol. The summed E-state index contributed by atoms with van der Waals surface area (Å²) >= 11 is 0. The van der Waals surface area contributed by atoms with E-state index in [1.54, 1.807) is 6.20 Å². The van der Waals surface area contributed by atoms with Crippen molar-refractivity contribution in [3.63, 3.8) is 0 Å². The van der Waals surface area contributed by atoms with Crippen LogP contribution in [-0.4, -0.2) is 6.21 Å². The zero-order chi connectivity index (χ0) is 10.2. The molecule has 1 aromatic rings. The maximum Gasteiger partial charge on any atom is 0.0682 e. The van der Waals surface area contributed by atoms with E-state index in [0.29, 0.717) is 5.92 Å². The van der Waals surface area contributed by atoms with E-state index >= 15 is 0 Å². The summed E-state index contributed by atoms with van der Waals surface area (Å²) in [6.45, 7) is 4.19. The Morgan fingerprint density at radius 2 is 1.93 bits per heavy atom. The van der Waals surface area contributed by atoms with E-state index in [9.17, 15) is 0 Å². The van der Waals surface area contributed by atoms with Gasteiger partial charge in [0.15, 0.2) is 0 Å². The second kappa shape index (κ2) is 5.95. The summed E-state index contributed by atoms with van der Waals surface area (Å²) < 4.78 is 0. The lowest BCUT2D eigenvalue weighted by Gasteiger charge is -1.87. The highest BCUT2D eigenvalue weighted by molar-refractivity contribution is 5.60. The average molecular weight is 185 g/mol. The number of hydrogen-bond donors (Lipinski definition) is 0. The van der Waals surface area contributed by atoms with Gasteiger partial charge in [-0.2, -0.15) is 0 Å². The summed E-state index contributed by atoms with van der Waals surface area (Å²) in [6.07, 6.45) is 5.50. The van der Waals surface area contributed by atoms with Crippen LogP contribution in [0.3, 0.4) is 0 Å². The highest BCUT2D eigenvalue weighted by Gasteiger charge is 1.81. The average Bonchev–Trinajstić information content (AvgIpc) is 2.18. The van der Waals surface area contributed by atoms with E-state index in [1.165, 1.54) is 0 Å². The van der Waals surface area contributed by atoms with Gasteiger partial charge in [0.2, 0.25) is 0 Å². The predicted octanol–water partition coefficient (Wildman–Crippen LogP) is 3.54. The van der Waals surface area contributed by atoms with Gasteiger partial charge in [-0.15, -0.1) is 5.73 Å². The Morgan fingerprint density at radius 3 is 2.57 bits per heavy atom. The normalized spacial score (nSPS) is 10.2. The molecule has 72 valence electrons. The Labute approximate surface area is 85.5 Å². The smallest absolute Gasteiger partial charge is 0.0682 e. The molecule has 0 spiro atoms. The van der Waals surface area contributed by atoms with Crippen molar-refractivity contribution >= 4 is 12.3 Å². The third-order valence-electron chi connectivity index (χ3n) is 1.58. The predicted molar refractivity (Wildman–Crippen MR) is 62.3 cm³/mol. The Kier molecular flexibility index (Phi) is 4.46. The van der Waals surface area contributed by atoms with Crippen LogP contribution < -0.4 is 0 Å². The number of rotatable bonds is 3. The van der Waals surface area contributed by atoms with Gasteiger partial charge in [-0.05, 0) is 17.6 Å².